The van der Waals surface area contributed by atoms with Gasteiger partial charge >= 0.3 is 5.97 Å². The molecule has 9 heteroatoms. The van der Waals surface area contributed by atoms with Gasteiger partial charge in [0.2, 0.25) is 11.7 Å². The smallest absolute Gasteiger partial charge is 0.317 e. The van der Waals surface area contributed by atoms with E-state index in [1.165, 1.54) is 12.1 Å². The lowest BCUT2D eigenvalue weighted by molar-refractivity contribution is -0.139. The van der Waals surface area contributed by atoms with E-state index in [0.717, 1.165) is 32.5 Å². The number of carbonyl (C=O) groups is 1. The number of rotatable bonds is 9. The summed E-state index contributed by atoms with van der Waals surface area (Å²) >= 11 is 0. The Morgan fingerprint density at radius 2 is 2.07 bits per heavy atom. The Balaban J connectivity index is 1.44. The number of carboxylic acid groups (broad SMARTS) is 1. The van der Waals surface area contributed by atoms with Crippen molar-refractivity contribution in [2.45, 2.75) is 39.0 Å². The average Bonchev–Trinajstić information content (AvgIpc) is 3.13. The molecule has 0 atom stereocenters. The van der Waals surface area contributed by atoms with Crippen molar-refractivity contribution in [3.8, 4) is 5.75 Å². The summed E-state index contributed by atoms with van der Waals surface area (Å²) in [5, 5.41) is 12.9. The van der Waals surface area contributed by atoms with Gasteiger partial charge in [-0.2, -0.15) is 4.98 Å². The summed E-state index contributed by atoms with van der Waals surface area (Å²) in [5.41, 5.74) is 0. The molecule has 1 fully saturated rings. The Morgan fingerprint density at radius 3 is 2.71 bits per heavy atom. The zero-order valence-corrected chi connectivity index (χ0v) is 15.9. The Bertz CT molecular complexity index is 760. The first-order valence-corrected chi connectivity index (χ1v) is 9.41. The highest BCUT2D eigenvalue weighted by Gasteiger charge is 2.25. The van der Waals surface area contributed by atoms with Crippen LogP contribution in [-0.4, -0.2) is 63.2 Å². The number of hydrogen-bond acceptors (Lipinski definition) is 7. The fraction of sp³-hybridized carbons (Fsp3) is 0.526. The summed E-state index contributed by atoms with van der Waals surface area (Å²) in [7, 11) is 0. The minimum absolute atomic E-state index is 0.0856. The molecule has 0 spiro atoms. The van der Waals surface area contributed by atoms with Crippen LogP contribution in [0.2, 0.25) is 0 Å². The van der Waals surface area contributed by atoms with Gasteiger partial charge in [0.25, 0.3) is 0 Å². The first-order valence-electron chi connectivity index (χ1n) is 9.41. The first kappa shape index (κ1) is 20.2. The van der Waals surface area contributed by atoms with Crippen LogP contribution in [-0.2, 0) is 17.9 Å². The quantitative estimate of drug-likeness (QED) is 0.694. The molecule has 0 radical (unpaired) electrons. The maximum Gasteiger partial charge on any atom is 0.317 e. The number of hydrogen-bond donors (Lipinski definition) is 1. The number of nitrogens with zero attached hydrogens (tertiary/aromatic N) is 4. The Labute approximate surface area is 162 Å². The second-order valence-electron chi connectivity index (χ2n) is 6.81. The third-order valence-electron chi connectivity index (χ3n) is 4.87. The molecule has 8 nitrogen and oxygen atoms in total. The van der Waals surface area contributed by atoms with Crippen LogP contribution in [0.4, 0.5) is 4.39 Å². The molecule has 3 rings (SSSR count). The SMILES string of the molecule is CCN(CC(=O)O)C1CCN(Cc2nc(COc3ccc(F)cc3)no2)CC1. The highest BCUT2D eigenvalue weighted by molar-refractivity contribution is 5.69. The third-order valence-corrected chi connectivity index (χ3v) is 4.87. The molecule has 0 saturated carbocycles. The second-order valence-corrected chi connectivity index (χ2v) is 6.81. The van der Waals surface area contributed by atoms with Gasteiger partial charge in [0.05, 0.1) is 13.1 Å². The molecule has 0 bridgehead atoms. The fourth-order valence-electron chi connectivity index (χ4n) is 3.40. The van der Waals surface area contributed by atoms with Crippen molar-refractivity contribution in [1.82, 2.24) is 19.9 Å². The molecule has 1 N–H and O–H groups in total. The maximum absolute atomic E-state index is 12.9. The molecule has 1 saturated heterocycles. The third kappa shape index (κ3) is 5.74. The number of carboxylic acids is 1. The van der Waals surface area contributed by atoms with Gasteiger partial charge in [-0.05, 0) is 43.7 Å². The summed E-state index contributed by atoms with van der Waals surface area (Å²) in [6.45, 7) is 5.22. The standard InChI is InChI=1S/C19H25FN4O4/c1-2-24(12-19(25)26)15-7-9-23(10-8-15)11-18-21-17(22-28-18)13-27-16-5-3-14(20)4-6-16/h3-6,15H,2,7-13H2,1H3,(H,25,26). The van der Waals surface area contributed by atoms with Crippen LogP contribution in [0, 0.1) is 5.82 Å². The molecule has 1 aromatic carbocycles. The number of halogens is 1. The number of aliphatic carboxylic acids is 1. The fourth-order valence-corrected chi connectivity index (χ4v) is 3.40. The lowest BCUT2D eigenvalue weighted by Gasteiger charge is -2.36. The van der Waals surface area contributed by atoms with Crippen LogP contribution >= 0.6 is 0 Å². The number of likely N-dealkylation sites (N-methyl/N-ethyl adjacent to an activating group) is 1. The van der Waals surface area contributed by atoms with Crippen molar-refractivity contribution >= 4 is 5.97 Å². The van der Waals surface area contributed by atoms with Gasteiger partial charge in [-0.1, -0.05) is 12.1 Å². The van der Waals surface area contributed by atoms with E-state index in [4.69, 9.17) is 14.4 Å². The Kier molecular flexibility index (Phi) is 6.94. The van der Waals surface area contributed by atoms with Crippen LogP contribution in [0.1, 0.15) is 31.5 Å². The summed E-state index contributed by atoms with van der Waals surface area (Å²) in [5.74, 6) is 0.395. The van der Waals surface area contributed by atoms with Crippen molar-refractivity contribution in [1.29, 1.82) is 0 Å². The monoisotopic (exact) mass is 392 g/mol. The maximum atomic E-state index is 12.9. The van der Waals surface area contributed by atoms with E-state index in [-0.39, 0.29) is 19.0 Å². The lowest BCUT2D eigenvalue weighted by Crippen LogP contribution is -2.46. The van der Waals surface area contributed by atoms with Gasteiger partial charge in [0.15, 0.2) is 6.61 Å². The molecule has 1 aliphatic heterocycles. The molecule has 2 heterocycles. The molecule has 0 unspecified atom stereocenters. The molecule has 1 aromatic heterocycles. The lowest BCUT2D eigenvalue weighted by atomic mass is 10.0. The Morgan fingerprint density at radius 1 is 1.36 bits per heavy atom. The first-order chi connectivity index (χ1) is 13.5. The van der Waals surface area contributed by atoms with Crippen molar-refractivity contribution in [2.24, 2.45) is 0 Å². The normalized spacial score (nSPS) is 15.8. The zero-order valence-electron chi connectivity index (χ0n) is 15.9. The summed E-state index contributed by atoms with van der Waals surface area (Å²) < 4.78 is 23.7. The summed E-state index contributed by atoms with van der Waals surface area (Å²) in [4.78, 5) is 19.5. The number of likely N-dealkylation sites (tertiary alicyclic amines) is 1. The molecular weight excluding hydrogens is 367 g/mol. The molecule has 0 aliphatic carbocycles. The summed E-state index contributed by atoms with van der Waals surface area (Å²) in [6, 6.07) is 6.04. The van der Waals surface area contributed by atoms with Crippen LogP contribution in [0.3, 0.4) is 0 Å². The molecular formula is C19H25FN4O4. The van der Waals surface area contributed by atoms with E-state index in [0.29, 0.717) is 30.1 Å². The molecule has 152 valence electrons. The van der Waals surface area contributed by atoms with E-state index in [1.54, 1.807) is 12.1 Å². The van der Waals surface area contributed by atoms with Crippen molar-refractivity contribution in [3.63, 3.8) is 0 Å². The Hall–Kier alpha value is -2.52. The van der Waals surface area contributed by atoms with Gasteiger partial charge in [0.1, 0.15) is 11.6 Å². The van der Waals surface area contributed by atoms with E-state index in [2.05, 4.69) is 15.0 Å². The second kappa shape index (κ2) is 9.61. The highest BCUT2D eigenvalue weighted by Crippen LogP contribution is 2.18. The zero-order chi connectivity index (χ0) is 19.9. The number of ether oxygens (including phenoxy) is 1. The number of aromatic nitrogens is 2. The minimum Gasteiger partial charge on any atom is -0.485 e. The van der Waals surface area contributed by atoms with E-state index < -0.39 is 5.97 Å². The van der Waals surface area contributed by atoms with Crippen LogP contribution in [0.5, 0.6) is 5.75 Å². The van der Waals surface area contributed by atoms with Gasteiger partial charge < -0.3 is 14.4 Å². The number of benzene rings is 1. The van der Waals surface area contributed by atoms with Crippen LogP contribution in [0.15, 0.2) is 28.8 Å². The molecule has 0 amide bonds. The van der Waals surface area contributed by atoms with Crippen molar-refractivity contribution in [3.05, 3.63) is 41.8 Å². The largest absolute Gasteiger partial charge is 0.485 e. The topological polar surface area (TPSA) is 91.9 Å². The van der Waals surface area contributed by atoms with Crippen molar-refractivity contribution in [2.75, 3.05) is 26.2 Å². The van der Waals surface area contributed by atoms with E-state index in [9.17, 15) is 9.18 Å². The van der Waals surface area contributed by atoms with Gasteiger partial charge in [0, 0.05) is 19.1 Å². The van der Waals surface area contributed by atoms with Gasteiger partial charge in [-0.3, -0.25) is 14.6 Å². The van der Waals surface area contributed by atoms with E-state index in [1.807, 2.05) is 11.8 Å². The van der Waals surface area contributed by atoms with Crippen LogP contribution < -0.4 is 4.74 Å². The predicted octanol–water partition coefficient (Wildman–Crippen LogP) is 2.16. The molecule has 1 aliphatic rings. The van der Waals surface area contributed by atoms with E-state index >= 15 is 0 Å². The highest BCUT2D eigenvalue weighted by atomic mass is 19.1. The molecule has 28 heavy (non-hydrogen) atoms. The van der Waals surface area contributed by atoms with Gasteiger partial charge in [-0.25, -0.2) is 4.39 Å². The predicted molar refractivity (Wildman–Crippen MR) is 98.2 cm³/mol. The number of piperidine rings is 1. The van der Waals surface area contributed by atoms with Gasteiger partial charge in [-0.15, -0.1) is 0 Å². The van der Waals surface area contributed by atoms with Crippen LogP contribution in [0.25, 0.3) is 0 Å². The average molecular weight is 392 g/mol. The summed E-state index contributed by atoms with van der Waals surface area (Å²) in [6.07, 6.45) is 1.82. The van der Waals surface area contributed by atoms with Crippen molar-refractivity contribution < 1.29 is 23.6 Å². The minimum atomic E-state index is -0.787. The molecule has 2 aromatic rings.